The minimum absolute atomic E-state index is 0.0519. The van der Waals surface area contributed by atoms with Crippen molar-refractivity contribution >= 4 is 21.6 Å². The molecule has 7 heteroatoms. The van der Waals surface area contributed by atoms with Crippen LogP contribution in [0.1, 0.15) is 18.5 Å². The lowest BCUT2D eigenvalue weighted by atomic mass is 10.1. The van der Waals surface area contributed by atoms with Crippen molar-refractivity contribution in [1.82, 2.24) is 0 Å². The van der Waals surface area contributed by atoms with Crippen molar-refractivity contribution < 1.29 is 14.1 Å². The molecule has 0 saturated carbocycles. The zero-order valence-corrected chi connectivity index (χ0v) is 12.6. The Hall–Kier alpha value is -1.99. The number of hydrogen-bond acceptors (Lipinski definition) is 4. The van der Waals surface area contributed by atoms with Crippen LogP contribution in [0, 0.1) is 15.9 Å². The normalized spacial score (nSPS) is 12.0. The molecule has 2 rings (SSSR count). The minimum Gasteiger partial charge on any atom is -0.449 e. The summed E-state index contributed by atoms with van der Waals surface area (Å²) in [5, 5.41) is 11.1. The lowest BCUT2D eigenvalue weighted by Crippen LogP contribution is -2.07. The third-order valence-electron chi connectivity index (χ3n) is 2.82. The van der Waals surface area contributed by atoms with Crippen molar-refractivity contribution in [3.8, 4) is 11.5 Å². The number of nitrogens with zero attached hydrogens (tertiary/aromatic N) is 1. The van der Waals surface area contributed by atoms with Gasteiger partial charge in [0, 0.05) is 17.7 Å². The summed E-state index contributed by atoms with van der Waals surface area (Å²) >= 11 is 3.21. The highest BCUT2D eigenvalue weighted by Crippen LogP contribution is 2.39. The monoisotopic (exact) mass is 354 g/mol. The molecular formula is C14H12BrFN2O3. The molecule has 1 atom stereocenters. The van der Waals surface area contributed by atoms with Gasteiger partial charge in [0.25, 0.3) is 0 Å². The van der Waals surface area contributed by atoms with Crippen LogP contribution in [-0.2, 0) is 0 Å². The SMILES string of the molecule is CC(N)c1cc(F)ccc1Oc1c(Br)cccc1[N+](=O)[O-]. The van der Waals surface area contributed by atoms with Crippen LogP contribution in [0.2, 0.25) is 0 Å². The first kappa shape index (κ1) is 15.4. The lowest BCUT2D eigenvalue weighted by Gasteiger charge is -2.14. The van der Waals surface area contributed by atoms with Crippen LogP contribution < -0.4 is 10.5 Å². The van der Waals surface area contributed by atoms with Crippen LogP contribution in [0.3, 0.4) is 0 Å². The van der Waals surface area contributed by atoms with Crippen molar-refractivity contribution in [2.24, 2.45) is 5.73 Å². The number of nitro groups is 1. The highest BCUT2D eigenvalue weighted by Gasteiger charge is 2.20. The highest BCUT2D eigenvalue weighted by atomic mass is 79.9. The van der Waals surface area contributed by atoms with Gasteiger partial charge in [-0.15, -0.1) is 0 Å². The van der Waals surface area contributed by atoms with Gasteiger partial charge in [0.1, 0.15) is 11.6 Å². The van der Waals surface area contributed by atoms with Crippen LogP contribution in [0.15, 0.2) is 40.9 Å². The zero-order chi connectivity index (χ0) is 15.6. The van der Waals surface area contributed by atoms with Gasteiger partial charge in [0.05, 0.1) is 9.40 Å². The van der Waals surface area contributed by atoms with Gasteiger partial charge in [-0.3, -0.25) is 10.1 Å². The number of hydrogen-bond donors (Lipinski definition) is 1. The Morgan fingerprint density at radius 1 is 1.38 bits per heavy atom. The average Bonchev–Trinajstić information content (AvgIpc) is 2.42. The van der Waals surface area contributed by atoms with Gasteiger partial charge in [0.2, 0.25) is 5.75 Å². The van der Waals surface area contributed by atoms with Gasteiger partial charge in [-0.25, -0.2) is 4.39 Å². The molecule has 0 aliphatic rings. The lowest BCUT2D eigenvalue weighted by molar-refractivity contribution is -0.385. The van der Waals surface area contributed by atoms with Crippen molar-refractivity contribution in [2.75, 3.05) is 0 Å². The number of rotatable bonds is 4. The van der Waals surface area contributed by atoms with E-state index < -0.39 is 16.8 Å². The summed E-state index contributed by atoms with van der Waals surface area (Å²) in [5.74, 6) is -0.117. The van der Waals surface area contributed by atoms with Crippen LogP contribution in [0.25, 0.3) is 0 Å². The molecule has 0 saturated heterocycles. The Morgan fingerprint density at radius 2 is 2.10 bits per heavy atom. The predicted molar refractivity (Wildman–Crippen MR) is 79.9 cm³/mol. The van der Waals surface area contributed by atoms with E-state index in [4.69, 9.17) is 10.5 Å². The van der Waals surface area contributed by atoms with E-state index in [0.717, 1.165) is 0 Å². The summed E-state index contributed by atoms with van der Waals surface area (Å²) in [6.45, 7) is 1.68. The second kappa shape index (κ2) is 6.19. The van der Waals surface area contributed by atoms with Gasteiger partial charge in [-0.2, -0.15) is 0 Å². The molecule has 0 aliphatic heterocycles. The van der Waals surface area contributed by atoms with E-state index >= 15 is 0 Å². The molecular weight excluding hydrogens is 343 g/mol. The number of benzene rings is 2. The van der Waals surface area contributed by atoms with E-state index in [1.165, 1.54) is 30.3 Å². The smallest absolute Gasteiger partial charge is 0.312 e. The molecule has 0 radical (unpaired) electrons. The molecule has 0 bridgehead atoms. The molecule has 0 spiro atoms. The Bertz CT molecular complexity index is 692. The van der Waals surface area contributed by atoms with Gasteiger partial charge in [0.15, 0.2) is 0 Å². The fourth-order valence-corrected chi connectivity index (χ4v) is 2.26. The van der Waals surface area contributed by atoms with Crippen molar-refractivity contribution in [1.29, 1.82) is 0 Å². The first-order valence-electron chi connectivity index (χ1n) is 6.06. The Labute approximate surface area is 128 Å². The van der Waals surface area contributed by atoms with E-state index in [2.05, 4.69) is 15.9 Å². The van der Waals surface area contributed by atoms with Crippen molar-refractivity contribution in [3.05, 3.63) is 62.4 Å². The average molecular weight is 355 g/mol. The summed E-state index contributed by atoms with van der Waals surface area (Å²) in [6, 6.07) is 7.87. The number of para-hydroxylation sites is 1. The maximum atomic E-state index is 13.3. The molecule has 2 aromatic carbocycles. The maximum Gasteiger partial charge on any atom is 0.312 e. The van der Waals surface area contributed by atoms with E-state index in [0.29, 0.717) is 10.0 Å². The summed E-state index contributed by atoms with van der Waals surface area (Å²) in [7, 11) is 0. The molecule has 2 aromatic rings. The number of ether oxygens (including phenoxy) is 1. The first-order chi connectivity index (χ1) is 9.90. The summed E-state index contributed by atoms with van der Waals surface area (Å²) in [6.07, 6.45) is 0. The standard InChI is InChI=1S/C14H12BrFN2O3/c1-8(17)10-7-9(16)5-6-13(10)21-14-11(15)3-2-4-12(14)18(19)20/h2-8H,17H2,1H3. The highest BCUT2D eigenvalue weighted by molar-refractivity contribution is 9.10. The maximum absolute atomic E-state index is 13.3. The predicted octanol–water partition coefficient (Wildman–Crippen LogP) is 4.31. The zero-order valence-electron chi connectivity index (χ0n) is 11.0. The third-order valence-corrected chi connectivity index (χ3v) is 3.44. The molecule has 0 heterocycles. The van der Waals surface area contributed by atoms with Crippen molar-refractivity contribution in [2.45, 2.75) is 13.0 Å². The van der Waals surface area contributed by atoms with Crippen LogP contribution in [-0.4, -0.2) is 4.92 Å². The van der Waals surface area contributed by atoms with Gasteiger partial charge in [-0.1, -0.05) is 6.07 Å². The molecule has 0 amide bonds. The fraction of sp³-hybridized carbons (Fsp3) is 0.143. The van der Waals surface area contributed by atoms with E-state index in [1.807, 2.05) is 0 Å². The molecule has 1 unspecified atom stereocenters. The molecule has 2 N–H and O–H groups in total. The second-order valence-electron chi connectivity index (χ2n) is 4.42. The first-order valence-corrected chi connectivity index (χ1v) is 6.85. The van der Waals surface area contributed by atoms with Gasteiger partial charge in [-0.05, 0) is 47.1 Å². The van der Waals surface area contributed by atoms with E-state index in [1.54, 1.807) is 13.0 Å². The van der Waals surface area contributed by atoms with Crippen LogP contribution >= 0.6 is 15.9 Å². The number of halogens is 2. The fourth-order valence-electron chi connectivity index (χ4n) is 1.82. The van der Waals surface area contributed by atoms with E-state index in [9.17, 15) is 14.5 Å². The molecule has 0 aromatic heterocycles. The molecule has 0 aliphatic carbocycles. The Morgan fingerprint density at radius 3 is 2.71 bits per heavy atom. The number of nitro benzene ring substituents is 1. The molecule has 5 nitrogen and oxygen atoms in total. The summed E-state index contributed by atoms with van der Waals surface area (Å²) in [4.78, 5) is 10.5. The Kier molecular flexibility index (Phi) is 4.54. The molecule has 110 valence electrons. The number of nitrogens with two attached hydrogens (primary N) is 1. The summed E-state index contributed by atoms with van der Waals surface area (Å²) < 4.78 is 19.3. The second-order valence-corrected chi connectivity index (χ2v) is 5.27. The minimum atomic E-state index is -0.546. The summed E-state index contributed by atoms with van der Waals surface area (Å²) in [5.41, 5.74) is 6.02. The van der Waals surface area contributed by atoms with Crippen molar-refractivity contribution in [3.63, 3.8) is 0 Å². The quantitative estimate of drug-likeness (QED) is 0.655. The molecule has 0 fully saturated rings. The van der Waals surface area contributed by atoms with Crippen LogP contribution in [0.4, 0.5) is 10.1 Å². The van der Waals surface area contributed by atoms with Crippen LogP contribution in [0.5, 0.6) is 11.5 Å². The van der Waals surface area contributed by atoms with Gasteiger partial charge >= 0.3 is 5.69 Å². The molecule has 21 heavy (non-hydrogen) atoms. The topological polar surface area (TPSA) is 78.4 Å². The Balaban J connectivity index is 2.51. The van der Waals surface area contributed by atoms with E-state index in [-0.39, 0.29) is 17.2 Å². The third kappa shape index (κ3) is 3.37. The largest absolute Gasteiger partial charge is 0.449 e. The van der Waals surface area contributed by atoms with Gasteiger partial charge < -0.3 is 10.5 Å².